The van der Waals surface area contributed by atoms with Gasteiger partial charge in [-0.05, 0) is 53.2 Å². The molecular formula is C15H17BrN2O5S. The first-order chi connectivity index (χ1) is 11.3. The van der Waals surface area contributed by atoms with Gasteiger partial charge >= 0.3 is 0 Å². The van der Waals surface area contributed by atoms with E-state index in [2.05, 4.69) is 21.2 Å². The number of amides is 1. The molecular weight excluding hydrogens is 400 g/mol. The van der Waals surface area contributed by atoms with Crippen LogP contribution in [0, 0.1) is 0 Å². The van der Waals surface area contributed by atoms with Gasteiger partial charge in [0.2, 0.25) is 10.0 Å². The molecule has 1 heterocycles. The third-order valence-corrected chi connectivity index (χ3v) is 5.32. The Morgan fingerprint density at radius 1 is 1.29 bits per heavy atom. The zero-order valence-corrected chi connectivity index (χ0v) is 15.8. The fourth-order valence-corrected chi connectivity index (χ4v) is 3.24. The summed E-state index contributed by atoms with van der Waals surface area (Å²) in [5, 5.41) is 2.60. The molecule has 1 amide bonds. The molecule has 1 aromatic heterocycles. The maximum absolute atomic E-state index is 12.4. The maximum Gasteiger partial charge on any atom is 0.291 e. The van der Waals surface area contributed by atoms with Crippen molar-refractivity contribution in [1.82, 2.24) is 4.31 Å². The zero-order chi connectivity index (χ0) is 17.9. The molecule has 1 N–H and O–H groups in total. The van der Waals surface area contributed by atoms with E-state index in [1.807, 2.05) is 0 Å². The Balaban J connectivity index is 2.37. The largest absolute Gasteiger partial charge is 0.492 e. The van der Waals surface area contributed by atoms with Gasteiger partial charge in [-0.1, -0.05) is 0 Å². The van der Waals surface area contributed by atoms with Gasteiger partial charge in [-0.3, -0.25) is 4.79 Å². The minimum atomic E-state index is -3.72. The number of furan rings is 1. The average molecular weight is 417 g/mol. The highest BCUT2D eigenvalue weighted by molar-refractivity contribution is 9.10. The molecule has 0 aliphatic heterocycles. The Labute approximate surface area is 148 Å². The number of carbonyl (C=O) groups excluding carboxylic acids is 1. The number of hydrogen-bond donors (Lipinski definition) is 1. The molecule has 1 aromatic carbocycles. The zero-order valence-electron chi connectivity index (χ0n) is 13.4. The normalized spacial score (nSPS) is 11.5. The van der Waals surface area contributed by atoms with E-state index in [4.69, 9.17) is 9.15 Å². The molecule has 0 fully saturated rings. The number of rotatable bonds is 6. The van der Waals surface area contributed by atoms with E-state index in [-0.39, 0.29) is 16.4 Å². The van der Waals surface area contributed by atoms with Crippen LogP contribution in [0.25, 0.3) is 0 Å². The number of ether oxygens (including phenoxy) is 1. The fourth-order valence-electron chi connectivity index (χ4n) is 1.89. The molecule has 7 nitrogen and oxygen atoms in total. The van der Waals surface area contributed by atoms with Crippen LogP contribution >= 0.6 is 15.9 Å². The summed E-state index contributed by atoms with van der Waals surface area (Å²) < 4.78 is 37.0. The summed E-state index contributed by atoms with van der Waals surface area (Å²) in [5.74, 6) is -0.157. The second-order valence-electron chi connectivity index (χ2n) is 4.94. The van der Waals surface area contributed by atoms with E-state index in [1.54, 1.807) is 19.1 Å². The van der Waals surface area contributed by atoms with E-state index >= 15 is 0 Å². The molecule has 0 spiro atoms. The Morgan fingerprint density at radius 2 is 2.00 bits per heavy atom. The fraction of sp³-hybridized carbons (Fsp3) is 0.267. The second kappa shape index (κ2) is 7.37. The van der Waals surface area contributed by atoms with Crippen LogP contribution in [0.15, 0.2) is 44.3 Å². The van der Waals surface area contributed by atoms with Gasteiger partial charge in [0.1, 0.15) is 10.6 Å². The van der Waals surface area contributed by atoms with Crippen LogP contribution in [-0.2, 0) is 10.0 Å². The molecule has 24 heavy (non-hydrogen) atoms. The average Bonchev–Trinajstić information content (AvgIpc) is 2.95. The van der Waals surface area contributed by atoms with Crippen molar-refractivity contribution >= 4 is 37.5 Å². The lowest BCUT2D eigenvalue weighted by atomic mass is 10.3. The standard InChI is InChI=1S/C15H17BrN2O5S/c1-4-22-11-6-5-10(9-13(11)24(20,21)18(2)3)17-15(19)12-7-8-14(16)23-12/h5-9H,4H2,1-3H3,(H,17,19). The predicted octanol–water partition coefficient (Wildman–Crippen LogP) is 2.94. The third-order valence-electron chi connectivity index (χ3n) is 3.06. The maximum atomic E-state index is 12.4. The van der Waals surface area contributed by atoms with E-state index in [0.717, 1.165) is 4.31 Å². The monoisotopic (exact) mass is 416 g/mol. The first-order valence-corrected chi connectivity index (χ1v) is 9.25. The summed E-state index contributed by atoms with van der Waals surface area (Å²) in [5.41, 5.74) is 0.316. The molecule has 9 heteroatoms. The number of nitrogens with zero attached hydrogens (tertiary/aromatic N) is 1. The van der Waals surface area contributed by atoms with Gasteiger partial charge in [-0.25, -0.2) is 12.7 Å². The van der Waals surface area contributed by atoms with Crippen molar-refractivity contribution in [2.45, 2.75) is 11.8 Å². The Hall–Kier alpha value is -1.84. The van der Waals surface area contributed by atoms with Crippen LogP contribution in [0.5, 0.6) is 5.75 Å². The molecule has 2 aromatic rings. The van der Waals surface area contributed by atoms with Crippen LogP contribution in [0.4, 0.5) is 5.69 Å². The van der Waals surface area contributed by atoms with E-state index < -0.39 is 15.9 Å². The third kappa shape index (κ3) is 3.97. The van der Waals surface area contributed by atoms with E-state index in [9.17, 15) is 13.2 Å². The highest BCUT2D eigenvalue weighted by Crippen LogP contribution is 2.29. The van der Waals surface area contributed by atoms with E-state index in [1.165, 1.54) is 32.3 Å². The SMILES string of the molecule is CCOc1ccc(NC(=O)c2ccc(Br)o2)cc1S(=O)(=O)N(C)C. The van der Waals surface area contributed by atoms with Gasteiger partial charge in [-0.15, -0.1) is 0 Å². The topological polar surface area (TPSA) is 88.8 Å². The molecule has 130 valence electrons. The molecule has 0 saturated heterocycles. The summed E-state index contributed by atoms with van der Waals surface area (Å²) in [6.07, 6.45) is 0. The van der Waals surface area contributed by atoms with Crippen LogP contribution in [0.2, 0.25) is 0 Å². The second-order valence-corrected chi connectivity index (χ2v) is 7.84. The Kier molecular flexibility index (Phi) is 5.68. The summed E-state index contributed by atoms with van der Waals surface area (Å²) >= 11 is 3.12. The molecule has 0 saturated carbocycles. The lowest BCUT2D eigenvalue weighted by molar-refractivity contribution is 0.0995. The Bertz CT molecular complexity index is 845. The number of hydrogen-bond acceptors (Lipinski definition) is 5. The summed E-state index contributed by atoms with van der Waals surface area (Å²) in [6.45, 7) is 2.08. The van der Waals surface area contributed by atoms with Crippen molar-refractivity contribution in [3.05, 3.63) is 40.8 Å². The quantitative estimate of drug-likeness (QED) is 0.781. The first-order valence-electron chi connectivity index (χ1n) is 7.01. The molecule has 0 bridgehead atoms. The molecule has 0 aliphatic carbocycles. The highest BCUT2D eigenvalue weighted by atomic mass is 79.9. The molecule has 2 rings (SSSR count). The number of halogens is 1. The molecule has 0 radical (unpaired) electrons. The van der Waals surface area contributed by atoms with Crippen molar-refractivity contribution in [3.63, 3.8) is 0 Å². The molecule has 0 aliphatic rings. The van der Waals surface area contributed by atoms with Crippen LogP contribution in [0.3, 0.4) is 0 Å². The van der Waals surface area contributed by atoms with Crippen molar-refractivity contribution in [3.8, 4) is 5.75 Å². The number of sulfonamides is 1. The predicted molar refractivity (Wildman–Crippen MR) is 92.8 cm³/mol. The van der Waals surface area contributed by atoms with Crippen molar-refractivity contribution in [2.75, 3.05) is 26.0 Å². The van der Waals surface area contributed by atoms with Gasteiger partial charge in [0.25, 0.3) is 5.91 Å². The summed E-state index contributed by atoms with van der Waals surface area (Å²) in [6, 6.07) is 7.53. The lowest BCUT2D eigenvalue weighted by Crippen LogP contribution is -2.23. The van der Waals surface area contributed by atoms with Gasteiger partial charge in [0.15, 0.2) is 10.4 Å². The number of carbonyl (C=O) groups is 1. The minimum Gasteiger partial charge on any atom is -0.492 e. The van der Waals surface area contributed by atoms with Gasteiger partial charge in [-0.2, -0.15) is 0 Å². The number of anilines is 1. The number of benzene rings is 1. The van der Waals surface area contributed by atoms with Crippen LogP contribution < -0.4 is 10.1 Å². The first kappa shape index (κ1) is 18.5. The molecule has 0 unspecified atom stereocenters. The van der Waals surface area contributed by atoms with Gasteiger partial charge in [0, 0.05) is 19.8 Å². The summed E-state index contributed by atoms with van der Waals surface area (Å²) in [7, 11) is -0.868. The van der Waals surface area contributed by atoms with Crippen molar-refractivity contribution in [2.24, 2.45) is 0 Å². The van der Waals surface area contributed by atoms with Crippen molar-refractivity contribution < 1.29 is 22.4 Å². The van der Waals surface area contributed by atoms with E-state index in [0.29, 0.717) is 17.0 Å². The van der Waals surface area contributed by atoms with Gasteiger partial charge in [0.05, 0.1) is 6.61 Å². The summed E-state index contributed by atoms with van der Waals surface area (Å²) in [4.78, 5) is 12.1. The minimum absolute atomic E-state index is 0.0206. The lowest BCUT2D eigenvalue weighted by Gasteiger charge is -2.16. The number of nitrogens with one attached hydrogen (secondary N) is 1. The highest BCUT2D eigenvalue weighted by Gasteiger charge is 2.23. The Morgan fingerprint density at radius 3 is 2.54 bits per heavy atom. The van der Waals surface area contributed by atoms with Crippen LogP contribution in [0.1, 0.15) is 17.5 Å². The molecule has 0 atom stereocenters. The van der Waals surface area contributed by atoms with Crippen LogP contribution in [-0.4, -0.2) is 39.3 Å². The van der Waals surface area contributed by atoms with Crippen molar-refractivity contribution in [1.29, 1.82) is 0 Å². The smallest absolute Gasteiger partial charge is 0.291 e. The van der Waals surface area contributed by atoms with Gasteiger partial charge < -0.3 is 14.5 Å².